The predicted molar refractivity (Wildman–Crippen MR) is 57.0 cm³/mol. The van der Waals surface area contributed by atoms with E-state index in [9.17, 15) is 0 Å². The molecule has 56 valence electrons. The normalized spacial score (nSPS) is 17.7. The van der Waals surface area contributed by atoms with Crippen molar-refractivity contribution < 1.29 is 0 Å². The first-order valence-corrected chi connectivity index (χ1v) is 6.10. The van der Waals surface area contributed by atoms with Gasteiger partial charge in [0, 0.05) is 22.9 Å². The van der Waals surface area contributed by atoms with Crippen LogP contribution in [0.5, 0.6) is 0 Å². The molecule has 1 aliphatic carbocycles. The van der Waals surface area contributed by atoms with Gasteiger partial charge in [-0.3, -0.25) is 2.78 Å². The average Bonchev–Trinajstić information content (AvgIpc) is 2.34. The molecule has 0 saturated carbocycles. The average molecular weight is 265 g/mol. The maximum atomic E-state index is 2.38. The Morgan fingerprint density at radius 2 is 2.60 bits per heavy atom. The first kappa shape index (κ1) is 8.48. The Balaban J connectivity index is 2.15. The second-order valence-electron chi connectivity index (χ2n) is 2.54. The van der Waals surface area contributed by atoms with Crippen LogP contribution >= 0.6 is 22.9 Å². The lowest BCUT2D eigenvalue weighted by Gasteiger charge is -2.05. The summed E-state index contributed by atoms with van der Waals surface area (Å²) >= 11 is 2.38. The van der Waals surface area contributed by atoms with Crippen LogP contribution in [-0.2, 0) is 0 Å². The molecule has 0 atom stereocenters. The highest BCUT2D eigenvalue weighted by atomic mass is 127. The van der Waals surface area contributed by atoms with E-state index in [1.165, 1.54) is 12.5 Å². The van der Waals surface area contributed by atoms with E-state index in [-0.39, 0.29) is 9.68 Å². The molecule has 0 aromatic rings. The van der Waals surface area contributed by atoms with Crippen molar-refractivity contribution in [3.8, 4) is 0 Å². The minimum absolute atomic E-state index is 0.0284. The van der Waals surface area contributed by atoms with Crippen molar-refractivity contribution in [1.82, 2.24) is 2.78 Å². The van der Waals surface area contributed by atoms with E-state index in [0.29, 0.717) is 0 Å². The number of halogens is 1. The highest BCUT2D eigenvalue weighted by molar-refractivity contribution is 14.1. The van der Waals surface area contributed by atoms with Crippen LogP contribution in [0.2, 0.25) is 6.04 Å². The Hall–Kier alpha value is 0.387. The number of nitrogens with zero attached hydrogens (tertiary/aromatic N) is 1. The molecule has 0 aromatic heterocycles. The second kappa shape index (κ2) is 4.30. The van der Waals surface area contributed by atoms with Gasteiger partial charge in [0.1, 0.15) is 9.68 Å². The smallest absolute Gasteiger partial charge is 0.111 e. The molecule has 0 amide bonds. The highest BCUT2D eigenvalue weighted by Crippen LogP contribution is 2.14. The molecule has 0 aromatic carbocycles. The molecule has 0 spiro atoms. The zero-order valence-corrected chi connectivity index (χ0v) is 9.75. The van der Waals surface area contributed by atoms with Crippen molar-refractivity contribution >= 4 is 32.5 Å². The Kier molecular flexibility index (Phi) is 3.65. The first-order valence-electron chi connectivity index (χ1n) is 3.50. The summed E-state index contributed by atoms with van der Waals surface area (Å²) < 4.78 is 2.33. The van der Waals surface area contributed by atoms with E-state index in [1.54, 1.807) is 5.57 Å². The lowest BCUT2D eigenvalue weighted by molar-refractivity contribution is 0.950. The van der Waals surface area contributed by atoms with E-state index < -0.39 is 0 Å². The number of hydrogen-bond acceptors (Lipinski definition) is 1. The fourth-order valence-corrected chi connectivity index (χ4v) is 2.66. The zero-order valence-electron chi connectivity index (χ0n) is 6.18. The fraction of sp³-hybridized carbons (Fsp3) is 0.429. The molecule has 0 saturated heterocycles. The molecule has 0 N–H and O–H groups in total. The van der Waals surface area contributed by atoms with E-state index in [1.807, 2.05) is 0 Å². The van der Waals surface area contributed by atoms with Gasteiger partial charge in [0.2, 0.25) is 0 Å². The number of rotatable bonds is 3. The van der Waals surface area contributed by atoms with E-state index in [2.05, 4.69) is 50.9 Å². The third-order valence-electron chi connectivity index (χ3n) is 1.59. The minimum atomic E-state index is 0.0284. The highest BCUT2D eigenvalue weighted by Gasteiger charge is 2.00. The number of allylic oxidation sites excluding steroid dienone is 4. The van der Waals surface area contributed by atoms with Crippen LogP contribution in [0.3, 0.4) is 0 Å². The summed E-state index contributed by atoms with van der Waals surface area (Å²) in [6.45, 7) is 0. The molecule has 0 fully saturated rings. The van der Waals surface area contributed by atoms with Crippen LogP contribution in [0.4, 0.5) is 0 Å². The monoisotopic (exact) mass is 265 g/mol. The van der Waals surface area contributed by atoms with Gasteiger partial charge in [-0.15, -0.1) is 0 Å². The van der Waals surface area contributed by atoms with Crippen LogP contribution in [0.25, 0.3) is 0 Å². The van der Waals surface area contributed by atoms with Crippen molar-refractivity contribution in [2.24, 2.45) is 0 Å². The molecule has 1 aliphatic rings. The summed E-state index contributed by atoms with van der Waals surface area (Å²) in [5.41, 5.74) is 1.62. The van der Waals surface area contributed by atoms with Gasteiger partial charge in [-0.25, -0.2) is 0 Å². The molecule has 10 heavy (non-hydrogen) atoms. The van der Waals surface area contributed by atoms with Crippen molar-refractivity contribution in [2.45, 2.75) is 12.5 Å². The standard InChI is InChI=1S/C7H12INSi/c1-9(8)10-6-7-4-2-3-5-7/h2-4H,5-6,10H2,1H3. The van der Waals surface area contributed by atoms with Crippen molar-refractivity contribution in [3.05, 3.63) is 23.8 Å². The Labute approximate surface area is 78.6 Å². The summed E-state index contributed by atoms with van der Waals surface area (Å²) in [6.07, 6.45) is 7.86. The molecule has 0 bridgehead atoms. The van der Waals surface area contributed by atoms with Crippen LogP contribution in [0.15, 0.2) is 23.8 Å². The molecule has 0 radical (unpaired) electrons. The molecular weight excluding hydrogens is 253 g/mol. The predicted octanol–water partition coefficient (Wildman–Crippen LogP) is 1.66. The van der Waals surface area contributed by atoms with Gasteiger partial charge in [-0.2, -0.15) is 0 Å². The largest absolute Gasteiger partial charge is 0.278 e. The SMILES string of the molecule is CN(I)[SiH2]CC1=CC=CC1. The maximum Gasteiger partial charge on any atom is 0.111 e. The minimum Gasteiger partial charge on any atom is -0.278 e. The van der Waals surface area contributed by atoms with E-state index in [0.717, 1.165) is 0 Å². The lowest BCUT2D eigenvalue weighted by Crippen LogP contribution is -2.09. The fourth-order valence-electron chi connectivity index (χ4n) is 0.975. The molecule has 0 heterocycles. The first-order chi connectivity index (χ1) is 4.79. The van der Waals surface area contributed by atoms with Crippen LogP contribution in [-0.4, -0.2) is 19.5 Å². The van der Waals surface area contributed by atoms with Gasteiger partial charge >= 0.3 is 0 Å². The Bertz CT molecular complexity index is 163. The Morgan fingerprint density at radius 1 is 1.80 bits per heavy atom. The molecule has 1 rings (SSSR count). The van der Waals surface area contributed by atoms with Crippen LogP contribution in [0.1, 0.15) is 6.42 Å². The Morgan fingerprint density at radius 3 is 3.10 bits per heavy atom. The summed E-state index contributed by atoms with van der Waals surface area (Å²) in [4.78, 5) is 0. The van der Waals surface area contributed by atoms with Gasteiger partial charge in [-0.05, 0) is 19.5 Å². The van der Waals surface area contributed by atoms with Crippen LogP contribution in [0, 0.1) is 0 Å². The van der Waals surface area contributed by atoms with Crippen molar-refractivity contribution in [2.75, 3.05) is 7.05 Å². The zero-order chi connectivity index (χ0) is 7.40. The molecule has 1 nitrogen and oxygen atoms in total. The summed E-state index contributed by atoms with van der Waals surface area (Å²) in [5, 5.41) is 0. The quantitative estimate of drug-likeness (QED) is 0.426. The second-order valence-corrected chi connectivity index (χ2v) is 7.37. The van der Waals surface area contributed by atoms with Gasteiger partial charge in [0.15, 0.2) is 0 Å². The molecule has 3 heteroatoms. The topological polar surface area (TPSA) is 3.24 Å². The van der Waals surface area contributed by atoms with Gasteiger partial charge < -0.3 is 0 Å². The summed E-state index contributed by atoms with van der Waals surface area (Å²) in [5.74, 6) is 0. The molecule has 0 aliphatic heterocycles. The third kappa shape index (κ3) is 2.98. The summed E-state index contributed by atoms with van der Waals surface area (Å²) in [7, 11) is 2.19. The molecule has 0 unspecified atom stereocenters. The lowest BCUT2D eigenvalue weighted by atomic mass is 10.3. The van der Waals surface area contributed by atoms with Gasteiger partial charge in [0.05, 0.1) is 0 Å². The van der Waals surface area contributed by atoms with Gasteiger partial charge in [-0.1, -0.05) is 23.8 Å². The molecular formula is C7H12INSi. The van der Waals surface area contributed by atoms with E-state index >= 15 is 0 Å². The summed E-state index contributed by atoms with van der Waals surface area (Å²) in [6, 6.07) is 1.35. The van der Waals surface area contributed by atoms with E-state index in [4.69, 9.17) is 0 Å². The van der Waals surface area contributed by atoms with Gasteiger partial charge in [0.25, 0.3) is 0 Å². The maximum absolute atomic E-state index is 2.38. The third-order valence-corrected chi connectivity index (χ3v) is 4.52. The van der Waals surface area contributed by atoms with Crippen molar-refractivity contribution in [1.29, 1.82) is 0 Å². The van der Waals surface area contributed by atoms with Crippen LogP contribution < -0.4 is 0 Å². The number of hydrogen-bond donors (Lipinski definition) is 0. The van der Waals surface area contributed by atoms with Crippen molar-refractivity contribution in [3.63, 3.8) is 0 Å².